The van der Waals surface area contributed by atoms with Gasteiger partial charge in [0, 0.05) is 18.5 Å². The van der Waals surface area contributed by atoms with Crippen molar-refractivity contribution < 1.29 is 4.42 Å². The fourth-order valence-corrected chi connectivity index (χ4v) is 2.19. The van der Waals surface area contributed by atoms with E-state index in [4.69, 9.17) is 10.2 Å². The van der Waals surface area contributed by atoms with Crippen LogP contribution in [0.1, 0.15) is 5.76 Å². The highest BCUT2D eigenvalue weighted by atomic mass is 79.9. The Labute approximate surface area is 103 Å². The smallest absolute Gasteiger partial charge is 0.148 e. The number of para-hydroxylation sites is 1. The molecule has 0 fully saturated rings. The Kier molecular flexibility index (Phi) is 3.63. The van der Waals surface area contributed by atoms with Crippen LogP contribution in [-0.2, 0) is 6.54 Å². The van der Waals surface area contributed by atoms with Gasteiger partial charge in [0.15, 0.2) is 0 Å². The number of nitrogens with two attached hydrogens (primary N) is 1. The molecule has 0 spiro atoms. The molecule has 0 radical (unpaired) electrons. The minimum Gasteiger partial charge on any atom is -0.459 e. The number of fused-ring (bicyclic) bond motifs is 1. The zero-order valence-electron chi connectivity index (χ0n) is 9.24. The standard InChI is InChI=1S/C12H15BrN2O/c1-15(6-5-14)8-10-7-9-3-2-4-11(13)12(9)16-10/h2-4,7H,5-6,8,14H2,1H3. The van der Waals surface area contributed by atoms with Crippen LogP contribution >= 0.6 is 15.9 Å². The van der Waals surface area contributed by atoms with E-state index in [1.807, 2.05) is 19.2 Å². The SMILES string of the molecule is CN(CCN)Cc1cc2cccc(Br)c2o1. The molecule has 0 bridgehead atoms. The molecule has 0 aliphatic rings. The predicted molar refractivity (Wildman–Crippen MR) is 69.3 cm³/mol. The molecule has 86 valence electrons. The molecule has 1 heterocycles. The summed E-state index contributed by atoms with van der Waals surface area (Å²) in [6.07, 6.45) is 0. The van der Waals surface area contributed by atoms with Gasteiger partial charge in [0.05, 0.1) is 11.0 Å². The summed E-state index contributed by atoms with van der Waals surface area (Å²) in [5.74, 6) is 0.970. The molecular weight excluding hydrogens is 268 g/mol. The minimum atomic E-state index is 0.667. The average molecular weight is 283 g/mol. The van der Waals surface area contributed by atoms with Crippen molar-refractivity contribution in [2.24, 2.45) is 5.73 Å². The molecule has 16 heavy (non-hydrogen) atoms. The lowest BCUT2D eigenvalue weighted by Crippen LogP contribution is -2.24. The van der Waals surface area contributed by atoms with Gasteiger partial charge in [-0.05, 0) is 35.1 Å². The first kappa shape index (κ1) is 11.6. The van der Waals surface area contributed by atoms with E-state index >= 15 is 0 Å². The third-order valence-electron chi connectivity index (χ3n) is 2.48. The van der Waals surface area contributed by atoms with Crippen LogP contribution in [0.2, 0.25) is 0 Å². The van der Waals surface area contributed by atoms with E-state index < -0.39 is 0 Å². The molecule has 0 unspecified atom stereocenters. The first-order chi connectivity index (χ1) is 7.70. The molecule has 2 rings (SSSR count). The van der Waals surface area contributed by atoms with Crippen LogP contribution in [0.3, 0.4) is 0 Å². The second kappa shape index (κ2) is 4.99. The number of rotatable bonds is 4. The second-order valence-electron chi connectivity index (χ2n) is 3.90. The summed E-state index contributed by atoms with van der Waals surface area (Å²) in [5, 5.41) is 1.13. The van der Waals surface area contributed by atoms with Crippen LogP contribution in [0.15, 0.2) is 33.2 Å². The van der Waals surface area contributed by atoms with Gasteiger partial charge >= 0.3 is 0 Å². The minimum absolute atomic E-state index is 0.667. The molecule has 0 aliphatic carbocycles. The number of benzene rings is 1. The van der Waals surface area contributed by atoms with Crippen LogP contribution in [0, 0.1) is 0 Å². The second-order valence-corrected chi connectivity index (χ2v) is 4.75. The average Bonchev–Trinajstić information content (AvgIpc) is 2.62. The normalized spacial score (nSPS) is 11.5. The van der Waals surface area contributed by atoms with Crippen LogP contribution in [0.5, 0.6) is 0 Å². The van der Waals surface area contributed by atoms with Crippen LogP contribution in [0.25, 0.3) is 11.0 Å². The molecule has 0 aliphatic heterocycles. The lowest BCUT2D eigenvalue weighted by atomic mass is 10.2. The Balaban J connectivity index is 2.23. The van der Waals surface area contributed by atoms with Crippen molar-refractivity contribution in [1.29, 1.82) is 0 Å². The number of furan rings is 1. The molecule has 2 N–H and O–H groups in total. The van der Waals surface area contributed by atoms with Gasteiger partial charge in [-0.2, -0.15) is 0 Å². The van der Waals surface area contributed by atoms with Crippen LogP contribution in [-0.4, -0.2) is 25.0 Å². The highest BCUT2D eigenvalue weighted by molar-refractivity contribution is 9.10. The molecule has 2 aromatic rings. The van der Waals surface area contributed by atoms with E-state index in [2.05, 4.69) is 33.0 Å². The topological polar surface area (TPSA) is 42.4 Å². The third-order valence-corrected chi connectivity index (χ3v) is 3.11. The molecule has 1 aromatic carbocycles. The molecule has 0 atom stereocenters. The van der Waals surface area contributed by atoms with E-state index in [1.54, 1.807) is 0 Å². The maximum Gasteiger partial charge on any atom is 0.148 e. The lowest BCUT2D eigenvalue weighted by molar-refractivity contribution is 0.307. The fourth-order valence-electron chi connectivity index (χ4n) is 1.72. The van der Waals surface area contributed by atoms with E-state index in [9.17, 15) is 0 Å². The van der Waals surface area contributed by atoms with Crippen molar-refractivity contribution in [2.45, 2.75) is 6.54 Å². The molecule has 0 saturated heterocycles. The highest BCUT2D eigenvalue weighted by Crippen LogP contribution is 2.27. The van der Waals surface area contributed by atoms with Gasteiger partial charge in [-0.1, -0.05) is 12.1 Å². The Morgan fingerprint density at radius 3 is 2.94 bits per heavy atom. The summed E-state index contributed by atoms with van der Waals surface area (Å²) in [7, 11) is 2.04. The molecular formula is C12H15BrN2O. The lowest BCUT2D eigenvalue weighted by Gasteiger charge is -2.12. The number of hydrogen-bond acceptors (Lipinski definition) is 3. The number of halogens is 1. The van der Waals surface area contributed by atoms with Gasteiger partial charge in [-0.3, -0.25) is 4.90 Å². The van der Waals surface area contributed by atoms with Crippen molar-refractivity contribution in [3.63, 3.8) is 0 Å². The van der Waals surface area contributed by atoms with Gasteiger partial charge in [0.2, 0.25) is 0 Å². The Morgan fingerprint density at radius 2 is 2.25 bits per heavy atom. The summed E-state index contributed by atoms with van der Waals surface area (Å²) >= 11 is 3.48. The maximum atomic E-state index is 5.79. The van der Waals surface area contributed by atoms with Gasteiger partial charge < -0.3 is 10.2 Å². The van der Waals surface area contributed by atoms with Crippen molar-refractivity contribution in [3.05, 3.63) is 34.5 Å². The summed E-state index contributed by atoms with van der Waals surface area (Å²) < 4.78 is 6.78. The Bertz CT molecular complexity index is 481. The van der Waals surface area contributed by atoms with Crippen LogP contribution in [0.4, 0.5) is 0 Å². The van der Waals surface area contributed by atoms with Crippen molar-refractivity contribution in [2.75, 3.05) is 20.1 Å². The predicted octanol–water partition coefficient (Wildman–Crippen LogP) is 2.59. The molecule has 4 heteroatoms. The molecule has 0 saturated carbocycles. The van der Waals surface area contributed by atoms with E-state index in [0.717, 1.165) is 34.3 Å². The molecule has 3 nitrogen and oxygen atoms in total. The first-order valence-electron chi connectivity index (χ1n) is 5.26. The summed E-state index contributed by atoms with van der Waals surface area (Å²) in [6.45, 7) is 2.33. The molecule has 0 amide bonds. The van der Waals surface area contributed by atoms with Gasteiger partial charge in [-0.25, -0.2) is 0 Å². The number of hydrogen-bond donors (Lipinski definition) is 1. The summed E-state index contributed by atoms with van der Waals surface area (Å²) in [5.41, 5.74) is 6.42. The van der Waals surface area contributed by atoms with Gasteiger partial charge in [0.1, 0.15) is 11.3 Å². The zero-order chi connectivity index (χ0) is 11.5. The van der Waals surface area contributed by atoms with Gasteiger partial charge in [0.25, 0.3) is 0 Å². The van der Waals surface area contributed by atoms with Crippen molar-refractivity contribution >= 4 is 26.9 Å². The molecule has 1 aromatic heterocycles. The van der Waals surface area contributed by atoms with Gasteiger partial charge in [-0.15, -0.1) is 0 Å². The zero-order valence-corrected chi connectivity index (χ0v) is 10.8. The maximum absolute atomic E-state index is 5.79. The van der Waals surface area contributed by atoms with E-state index in [1.165, 1.54) is 0 Å². The summed E-state index contributed by atoms with van der Waals surface area (Å²) in [6, 6.07) is 8.12. The number of nitrogens with zero attached hydrogens (tertiary/aromatic N) is 1. The fraction of sp³-hybridized carbons (Fsp3) is 0.333. The van der Waals surface area contributed by atoms with Crippen molar-refractivity contribution in [1.82, 2.24) is 4.90 Å². The largest absolute Gasteiger partial charge is 0.459 e. The van der Waals surface area contributed by atoms with E-state index in [-0.39, 0.29) is 0 Å². The summed E-state index contributed by atoms with van der Waals surface area (Å²) in [4.78, 5) is 2.14. The van der Waals surface area contributed by atoms with Crippen molar-refractivity contribution in [3.8, 4) is 0 Å². The monoisotopic (exact) mass is 282 g/mol. The van der Waals surface area contributed by atoms with Crippen LogP contribution < -0.4 is 5.73 Å². The first-order valence-corrected chi connectivity index (χ1v) is 6.05. The quantitative estimate of drug-likeness (QED) is 0.937. The van der Waals surface area contributed by atoms with E-state index in [0.29, 0.717) is 6.54 Å². The Hall–Kier alpha value is -0.840. The number of likely N-dealkylation sites (N-methyl/N-ethyl adjacent to an activating group) is 1. The Morgan fingerprint density at radius 1 is 1.44 bits per heavy atom. The highest BCUT2D eigenvalue weighted by Gasteiger charge is 2.08. The third kappa shape index (κ3) is 2.45.